The van der Waals surface area contributed by atoms with Crippen molar-refractivity contribution in [1.82, 2.24) is 0 Å². The lowest BCUT2D eigenvalue weighted by Crippen LogP contribution is -2.22. The average Bonchev–Trinajstić information content (AvgIpc) is 2.45. The van der Waals surface area contributed by atoms with Gasteiger partial charge in [0.15, 0.2) is 9.84 Å². The summed E-state index contributed by atoms with van der Waals surface area (Å²) < 4.78 is 23.9. The van der Waals surface area contributed by atoms with Gasteiger partial charge in [0.25, 0.3) is 0 Å². The molecule has 0 spiro atoms. The summed E-state index contributed by atoms with van der Waals surface area (Å²) in [5.41, 5.74) is -0.116. The molecule has 24 heavy (non-hydrogen) atoms. The predicted molar refractivity (Wildman–Crippen MR) is 108 cm³/mol. The van der Waals surface area contributed by atoms with Crippen LogP contribution in [0, 0.1) is 5.41 Å². The maximum Gasteiger partial charge on any atom is 0.150 e. The van der Waals surface area contributed by atoms with Crippen molar-refractivity contribution in [3.8, 4) is 0 Å². The highest BCUT2D eigenvalue weighted by Gasteiger charge is 2.20. The molecule has 0 radical (unpaired) electrons. The second-order valence-electron chi connectivity index (χ2n) is 8.75. The highest BCUT2D eigenvalue weighted by molar-refractivity contribution is 7.91. The predicted octanol–water partition coefficient (Wildman–Crippen LogP) is 6.93. The Morgan fingerprint density at radius 2 is 0.917 bits per heavy atom. The minimum atomic E-state index is -2.86. The largest absolute Gasteiger partial charge is 0.229 e. The minimum Gasteiger partial charge on any atom is -0.229 e. The summed E-state index contributed by atoms with van der Waals surface area (Å²) in [4.78, 5) is 0. The molecule has 0 fully saturated rings. The maximum absolute atomic E-state index is 12.0. The molecule has 3 heteroatoms. The van der Waals surface area contributed by atoms with Gasteiger partial charge in [0.2, 0.25) is 0 Å². The van der Waals surface area contributed by atoms with Gasteiger partial charge in [0.1, 0.15) is 0 Å². The van der Waals surface area contributed by atoms with E-state index in [9.17, 15) is 8.42 Å². The van der Waals surface area contributed by atoms with Crippen molar-refractivity contribution in [2.24, 2.45) is 5.41 Å². The van der Waals surface area contributed by atoms with E-state index in [0.717, 1.165) is 12.8 Å². The third-order valence-corrected chi connectivity index (χ3v) is 6.68. The molecule has 2 nitrogen and oxygen atoms in total. The number of hydrogen-bond donors (Lipinski definition) is 0. The molecule has 0 heterocycles. The molecule has 0 aliphatic heterocycles. The minimum absolute atomic E-state index is 0.116. The van der Waals surface area contributed by atoms with Crippen molar-refractivity contribution in [1.29, 1.82) is 0 Å². The summed E-state index contributed by atoms with van der Waals surface area (Å²) in [6.07, 6.45) is 18.3. The fraction of sp³-hybridized carbons (Fsp3) is 1.00. The lowest BCUT2D eigenvalue weighted by molar-refractivity contribution is 0.461. The summed E-state index contributed by atoms with van der Waals surface area (Å²) >= 11 is 0. The van der Waals surface area contributed by atoms with Crippen LogP contribution in [0.25, 0.3) is 0 Å². The molecule has 0 aliphatic rings. The lowest BCUT2D eigenvalue weighted by atomic mass is 10.0. The second-order valence-corrected chi connectivity index (χ2v) is 10.9. The van der Waals surface area contributed by atoms with Crippen molar-refractivity contribution in [3.63, 3.8) is 0 Å². The van der Waals surface area contributed by atoms with Gasteiger partial charge in [-0.25, -0.2) is 8.42 Å². The van der Waals surface area contributed by atoms with E-state index in [2.05, 4.69) is 6.92 Å². The summed E-state index contributed by atoms with van der Waals surface area (Å²) in [6, 6.07) is 0. The van der Waals surface area contributed by atoms with Crippen LogP contribution in [0.2, 0.25) is 0 Å². The van der Waals surface area contributed by atoms with Crippen molar-refractivity contribution in [2.75, 3.05) is 11.5 Å². The number of unbranched alkanes of at least 4 members (excludes halogenated alkanes) is 13. The van der Waals surface area contributed by atoms with Gasteiger partial charge in [-0.15, -0.1) is 0 Å². The molecule has 0 saturated carbocycles. The fourth-order valence-corrected chi connectivity index (χ4v) is 5.36. The van der Waals surface area contributed by atoms with Crippen LogP contribution < -0.4 is 0 Å². The molecule has 0 aromatic carbocycles. The van der Waals surface area contributed by atoms with E-state index in [4.69, 9.17) is 0 Å². The summed E-state index contributed by atoms with van der Waals surface area (Å²) in [5.74, 6) is 0.695. The summed E-state index contributed by atoms with van der Waals surface area (Å²) in [7, 11) is -2.86. The first-order valence-corrected chi connectivity index (χ1v) is 12.3. The number of rotatable bonds is 16. The van der Waals surface area contributed by atoms with Gasteiger partial charge in [0.05, 0.1) is 11.5 Å². The SMILES string of the molecule is CCCCCCCCCCCCCCCCS(=O)(=O)CC(C)(C)C. The van der Waals surface area contributed by atoms with Crippen LogP contribution in [0.15, 0.2) is 0 Å². The fourth-order valence-electron chi connectivity index (χ4n) is 3.25. The summed E-state index contributed by atoms with van der Waals surface area (Å²) in [5, 5.41) is 0. The van der Waals surface area contributed by atoms with Gasteiger partial charge >= 0.3 is 0 Å². The Morgan fingerprint density at radius 1 is 0.583 bits per heavy atom. The quantitative estimate of drug-likeness (QED) is 0.280. The molecule has 146 valence electrons. The Kier molecular flexibility index (Phi) is 14.1. The molecular formula is C21H44O2S. The van der Waals surface area contributed by atoms with Gasteiger partial charge in [-0.05, 0) is 11.8 Å². The maximum atomic E-state index is 12.0. The Hall–Kier alpha value is -0.0500. The van der Waals surface area contributed by atoms with Crippen LogP contribution in [-0.4, -0.2) is 19.9 Å². The molecule has 0 atom stereocenters. The molecule has 0 aromatic rings. The zero-order valence-electron chi connectivity index (χ0n) is 17.0. The Labute approximate surface area is 153 Å². The van der Waals surface area contributed by atoms with Gasteiger partial charge in [-0.3, -0.25) is 0 Å². The van der Waals surface area contributed by atoms with Crippen LogP contribution in [-0.2, 0) is 9.84 Å². The normalized spacial score (nSPS) is 12.7. The van der Waals surface area contributed by atoms with Gasteiger partial charge in [-0.2, -0.15) is 0 Å². The third-order valence-electron chi connectivity index (χ3n) is 4.46. The van der Waals surface area contributed by atoms with Crippen molar-refractivity contribution in [2.45, 2.75) is 118 Å². The summed E-state index contributed by atoms with van der Waals surface area (Å²) in [6.45, 7) is 8.26. The Balaban J connectivity index is 3.31. The van der Waals surface area contributed by atoms with E-state index in [-0.39, 0.29) is 5.41 Å². The first-order chi connectivity index (χ1) is 11.3. The third kappa shape index (κ3) is 18.3. The number of sulfone groups is 1. The van der Waals surface area contributed by atoms with E-state index < -0.39 is 9.84 Å². The smallest absolute Gasteiger partial charge is 0.150 e. The molecular weight excluding hydrogens is 316 g/mol. The van der Waals surface area contributed by atoms with Gasteiger partial charge in [-0.1, -0.05) is 111 Å². The lowest BCUT2D eigenvalue weighted by Gasteiger charge is -2.17. The highest BCUT2D eigenvalue weighted by Crippen LogP contribution is 2.18. The topological polar surface area (TPSA) is 34.1 Å². The van der Waals surface area contributed by atoms with E-state index in [1.165, 1.54) is 77.0 Å². The Bertz CT molecular complexity index is 366. The monoisotopic (exact) mass is 360 g/mol. The zero-order valence-corrected chi connectivity index (χ0v) is 17.9. The van der Waals surface area contributed by atoms with Crippen LogP contribution >= 0.6 is 0 Å². The van der Waals surface area contributed by atoms with Crippen LogP contribution in [0.4, 0.5) is 0 Å². The van der Waals surface area contributed by atoms with Crippen molar-refractivity contribution < 1.29 is 8.42 Å². The zero-order chi connectivity index (χ0) is 18.3. The molecule has 0 N–H and O–H groups in total. The molecule has 0 aromatic heterocycles. The van der Waals surface area contributed by atoms with Crippen LogP contribution in [0.5, 0.6) is 0 Å². The molecule has 0 amide bonds. The van der Waals surface area contributed by atoms with E-state index >= 15 is 0 Å². The Morgan fingerprint density at radius 3 is 1.25 bits per heavy atom. The second kappa shape index (κ2) is 14.2. The van der Waals surface area contributed by atoms with Gasteiger partial charge in [0, 0.05) is 0 Å². The van der Waals surface area contributed by atoms with E-state index in [0.29, 0.717) is 11.5 Å². The first-order valence-electron chi connectivity index (χ1n) is 10.5. The first kappa shape index (κ1) is 23.9. The molecule has 0 saturated heterocycles. The van der Waals surface area contributed by atoms with Crippen molar-refractivity contribution in [3.05, 3.63) is 0 Å². The molecule has 0 bridgehead atoms. The molecule has 0 unspecified atom stereocenters. The van der Waals surface area contributed by atoms with Crippen LogP contribution in [0.1, 0.15) is 118 Å². The molecule has 0 rings (SSSR count). The average molecular weight is 361 g/mol. The van der Waals surface area contributed by atoms with Crippen molar-refractivity contribution >= 4 is 9.84 Å². The van der Waals surface area contributed by atoms with Gasteiger partial charge < -0.3 is 0 Å². The van der Waals surface area contributed by atoms with Crippen LogP contribution in [0.3, 0.4) is 0 Å². The standard InChI is InChI=1S/C21H44O2S/c1-5-6-7-8-9-10-11-12-13-14-15-16-17-18-19-24(22,23)20-21(2,3)4/h5-20H2,1-4H3. The van der Waals surface area contributed by atoms with E-state index in [1.54, 1.807) is 0 Å². The van der Waals surface area contributed by atoms with E-state index in [1.807, 2.05) is 20.8 Å². The molecule has 0 aliphatic carbocycles. The highest BCUT2D eigenvalue weighted by atomic mass is 32.2. The number of hydrogen-bond acceptors (Lipinski definition) is 2.